The lowest BCUT2D eigenvalue weighted by atomic mass is 9.84. The first kappa shape index (κ1) is 16.5. The summed E-state index contributed by atoms with van der Waals surface area (Å²) in [5.74, 6) is 0.424. The van der Waals surface area contributed by atoms with Crippen molar-refractivity contribution in [2.45, 2.75) is 20.8 Å². The number of carbonyl (C=O) groups excluding carboxylic acids is 1. The minimum atomic E-state index is 0.0921. The fourth-order valence-corrected chi connectivity index (χ4v) is 4.03. The highest BCUT2D eigenvalue weighted by Crippen LogP contribution is 2.41. The van der Waals surface area contributed by atoms with Crippen molar-refractivity contribution in [2.75, 3.05) is 0 Å². The predicted octanol–water partition coefficient (Wildman–Crippen LogP) is 6.44. The second-order valence-corrected chi connectivity index (χ2v) is 7.11. The highest BCUT2D eigenvalue weighted by molar-refractivity contribution is 6.19. The van der Waals surface area contributed by atoms with Gasteiger partial charge in [0.1, 0.15) is 0 Å². The second kappa shape index (κ2) is 6.42. The lowest BCUT2D eigenvalue weighted by Crippen LogP contribution is -2.09. The molecule has 0 aromatic heterocycles. The molecule has 1 atom stereocenters. The van der Waals surface area contributed by atoms with Crippen LogP contribution in [0, 0.1) is 5.92 Å². The van der Waals surface area contributed by atoms with Crippen molar-refractivity contribution in [1.29, 1.82) is 0 Å². The van der Waals surface area contributed by atoms with Gasteiger partial charge in [-0.2, -0.15) is 0 Å². The zero-order valence-corrected chi connectivity index (χ0v) is 15.4. The summed E-state index contributed by atoms with van der Waals surface area (Å²) in [5, 5.41) is 2.13. The van der Waals surface area contributed by atoms with E-state index >= 15 is 0 Å². The molecule has 0 aliphatic heterocycles. The Balaban J connectivity index is 2.01. The van der Waals surface area contributed by atoms with E-state index in [0.29, 0.717) is 5.92 Å². The fraction of sp³-hybridized carbons (Fsp3) is 0.160. The Morgan fingerprint density at radius 3 is 2.23 bits per heavy atom. The first-order valence-electron chi connectivity index (χ1n) is 9.08. The minimum Gasteiger partial charge on any atom is -0.289 e. The number of rotatable bonds is 3. The highest BCUT2D eigenvalue weighted by Gasteiger charge is 2.26. The summed E-state index contributed by atoms with van der Waals surface area (Å²) in [6, 6.07) is 22.0. The third-order valence-corrected chi connectivity index (χ3v) is 5.47. The SMILES string of the molecule is CC1=CC(C)=C(c2ccc3ccccc3c2C(=O)c2ccccc2)C1C. The average Bonchev–Trinajstić information content (AvgIpc) is 2.93. The van der Waals surface area contributed by atoms with E-state index in [2.05, 4.69) is 51.1 Å². The van der Waals surface area contributed by atoms with Crippen molar-refractivity contribution >= 4 is 22.1 Å². The van der Waals surface area contributed by atoms with Crippen LogP contribution >= 0.6 is 0 Å². The Labute approximate surface area is 154 Å². The fourth-order valence-electron chi connectivity index (χ4n) is 4.03. The average molecular weight is 338 g/mol. The van der Waals surface area contributed by atoms with Gasteiger partial charge in [0.15, 0.2) is 5.78 Å². The molecule has 0 bridgehead atoms. The van der Waals surface area contributed by atoms with Gasteiger partial charge in [-0.1, -0.05) is 85.3 Å². The van der Waals surface area contributed by atoms with Crippen LogP contribution in [-0.2, 0) is 0 Å². The molecular weight excluding hydrogens is 316 g/mol. The third kappa shape index (κ3) is 2.61. The molecule has 1 aliphatic rings. The number of carbonyl (C=O) groups is 1. The minimum absolute atomic E-state index is 0.0921. The summed E-state index contributed by atoms with van der Waals surface area (Å²) in [6.07, 6.45) is 2.24. The monoisotopic (exact) mass is 338 g/mol. The second-order valence-electron chi connectivity index (χ2n) is 7.11. The zero-order valence-electron chi connectivity index (χ0n) is 15.4. The van der Waals surface area contributed by atoms with E-state index in [1.54, 1.807) is 0 Å². The van der Waals surface area contributed by atoms with Gasteiger partial charge in [0.25, 0.3) is 0 Å². The van der Waals surface area contributed by atoms with Crippen LogP contribution in [0.15, 0.2) is 84.0 Å². The van der Waals surface area contributed by atoms with Crippen LogP contribution < -0.4 is 0 Å². The van der Waals surface area contributed by atoms with Gasteiger partial charge in [0, 0.05) is 17.0 Å². The summed E-state index contributed by atoms with van der Waals surface area (Å²) in [6.45, 7) is 6.54. The standard InChI is InChI=1S/C25H22O/c1-16-15-17(2)23(18(16)3)22-14-13-19-9-7-8-12-21(19)24(22)25(26)20-10-5-4-6-11-20/h4-15,18H,1-3H3. The Hall–Kier alpha value is -2.93. The third-order valence-electron chi connectivity index (χ3n) is 5.47. The largest absolute Gasteiger partial charge is 0.289 e. The van der Waals surface area contributed by atoms with Crippen LogP contribution in [0.3, 0.4) is 0 Å². The van der Waals surface area contributed by atoms with E-state index in [0.717, 1.165) is 27.5 Å². The Morgan fingerprint density at radius 1 is 0.846 bits per heavy atom. The maximum absolute atomic E-state index is 13.5. The molecule has 1 aliphatic carbocycles. The molecule has 0 saturated carbocycles. The van der Waals surface area contributed by atoms with Gasteiger partial charge in [0.05, 0.1) is 0 Å². The predicted molar refractivity (Wildman–Crippen MR) is 109 cm³/mol. The van der Waals surface area contributed by atoms with Crippen molar-refractivity contribution in [1.82, 2.24) is 0 Å². The molecule has 0 N–H and O–H groups in total. The summed E-state index contributed by atoms with van der Waals surface area (Å²) < 4.78 is 0. The van der Waals surface area contributed by atoms with Crippen molar-refractivity contribution in [3.63, 3.8) is 0 Å². The molecule has 1 heteroatoms. The molecule has 4 rings (SSSR count). The van der Waals surface area contributed by atoms with E-state index in [1.165, 1.54) is 16.7 Å². The highest BCUT2D eigenvalue weighted by atomic mass is 16.1. The van der Waals surface area contributed by atoms with E-state index in [4.69, 9.17) is 0 Å². The van der Waals surface area contributed by atoms with E-state index < -0.39 is 0 Å². The first-order chi connectivity index (χ1) is 12.6. The molecule has 3 aromatic carbocycles. The molecule has 1 nitrogen and oxygen atoms in total. The molecule has 128 valence electrons. The quantitative estimate of drug-likeness (QED) is 0.502. The van der Waals surface area contributed by atoms with Gasteiger partial charge in [0.2, 0.25) is 0 Å². The summed E-state index contributed by atoms with van der Waals surface area (Å²) in [4.78, 5) is 13.5. The van der Waals surface area contributed by atoms with Gasteiger partial charge in [-0.05, 0) is 41.3 Å². The molecule has 0 spiro atoms. The lowest BCUT2D eigenvalue weighted by molar-refractivity contribution is 0.104. The molecule has 1 unspecified atom stereocenters. The molecule has 0 fully saturated rings. The smallest absolute Gasteiger partial charge is 0.194 e. The molecule has 0 heterocycles. The van der Waals surface area contributed by atoms with Gasteiger partial charge >= 0.3 is 0 Å². The van der Waals surface area contributed by atoms with Crippen LogP contribution in [0.2, 0.25) is 0 Å². The summed E-state index contributed by atoms with van der Waals surface area (Å²) >= 11 is 0. The van der Waals surface area contributed by atoms with Crippen molar-refractivity contribution in [3.8, 4) is 0 Å². The molecule has 0 saturated heterocycles. The van der Waals surface area contributed by atoms with E-state index in [-0.39, 0.29) is 5.78 Å². The number of ketones is 1. The lowest BCUT2D eigenvalue weighted by Gasteiger charge is -2.19. The number of allylic oxidation sites excluding steroid dienone is 4. The number of hydrogen-bond acceptors (Lipinski definition) is 1. The number of hydrogen-bond donors (Lipinski definition) is 0. The van der Waals surface area contributed by atoms with Crippen LogP contribution in [0.4, 0.5) is 0 Å². The molecule has 0 radical (unpaired) electrons. The maximum Gasteiger partial charge on any atom is 0.194 e. The Bertz CT molecular complexity index is 1070. The summed E-state index contributed by atoms with van der Waals surface area (Å²) in [7, 11) is 0. The zero-order chi connectivity index (χ0) is 18.3. The van der Waals surface area contributed by atoms with E-state index in [1.807, 2.05) is 42.5 Å². The molecule has 0 amide bonds. The van der Waals surface area contributed by atoms with Crippen molar-refractivity contribution < 1.29 is 4.79 Å². The Morgan fingerprint density at radius 2 is 1.54 bits per heavy atom. The topological polar surface area (TPSA) is 17.1 Å². The normalized spacial score (nSPS) is 16.9. The molecule has 26 heavy (non-hydrogen) atoms. The maximum atomic E-state index is 13.5. The van der Waals surface area contributed by atoms with Crippen molar-refractivity contribution in [2.24, 2.45) is 5.92 Å². The van der Waals surface area contributed by atoms with Gasteiger partial charge in [-0.3, -0.25) is 4.79 Å². The molecular formula is C25H22O. The van der Waals surface area contributed by atoms with E-state index in [9.17, 15) is 4.79 Å². The van der Waals surface area contributed by atoms with Crippen LogP contribution in [0.1, 0.15) is 42.3 Å². The van der Waals surface area contributed by atoms with Gasteiger partial charge in [-0.25, -0.2) is 0 Å². The van der Waals surface area contributed by atoms with Crippen LogP contribution in [0.25, 0.3) is 16.3 Å². The van der Waals surface area contributed by atoms with Crippen molar-refractivity contribution in [3.05, 3.63) is 101 Å². The Kier molecular flexibility index (Phi) is 4.08. The summed E-state index contributed by atoms with van der Waals surface area (Å²) in [5.41, 5.74) is 6.50. The number of benzene rings is 3. The van der Waals surface area contributed by atoms with Crippen LogP contribution in [-0.4, -0.2) is 5.78 Å². The number of fused-ring (bicyclic) bond motifs is 1. The first-order valence-corrected chi connectivity index (χ1v) is 9.08. The van der Waals surface area contributed by atoms with Crippen LogP contribution in [0.5, 0.6) is 0 Å². The molecule has 3 aromatic rings. The van der Waals surface area contributed by atoms with Gasteiger partial charge < -0.3 is 0 Å². The van der Waals surface area contributed by atoms with Gasteiger partial charge in [-0.15, -0.1) is 0 Å².